The molecule has 10 nitrogen and oxygen atoms in total. The van der Waals surface area contributed by atoms with Gasteiger partial charge in [0.25, 0.3) is 11.2 Å². The zero-order valence-corrected chi connectivity index (χ0v) is 11.9. The highest BCUT2D eigenvalue weighted by Gasteiger charge is 2.19. The molecular formula is C13H11N5O5. The number of hydrogen-bond acceptors (Lipinski definition) is 6. The summed E-state index contributed by atoms with van der Waals surface area (Å²) in [5, 5.41) is 11.4. The lowest BCUT2D eigenvalue weighted by molar-refractivity contribution is -0.384. The molecule has 10 heteroatoms. The molecule has 0 aliphatic carbocycles. The van der Waals surface area contributed by atoms with E-state index in [-0.39, 0.29) is 28.9 Å². The van der Waals surface area contributed by atoms with Crippen LogP contribution in [0, 0.1) is 10.1 Å². The SMILES string of the molecule is COCc1cn(-c2cc3c(=O)[nH]c(=O)[nH]c3cc2[N+](=O)[O-])cn1. The largest absolute Gasteiger partial charge is 0.378 e. The van der Waals surface area contributed by atoms with Crippen molar-refractivity contribution in [1.29, 1.82) is 0 Å². The van der Waals surface area contributed by atoms with Gasteiger partial charge in [0, 0.05) is 19.4 Å². The molecule has 2 heterocycles. The van der Waals surface area contributed by atoms with E-state index in [1.165, 1.54) is 24.1 Å². The van der Waals surface area contributed by atoms with Crippen molar-refractivity contribution < 1.29 is 9.66 Å². The van der Waals surface area contributed by atoms with E-state index in [0.29, 0.717) is 5.69 Å². The number of nitrogens with zero attached hydrogens (tertiary/aromatic N) is 3. The van der Waals surface area contributed by atoms with Crippen LogP contribution in [0.2, 0.25) is 0 Å². The third kappa shape index (κ3) is 2.62. The number of methoxy groups -OCH3 is 1. The lowest BCUT2D eigenvalue weighted by Crippen LogP contribution is -2.22. The van der Waals surface area contributed by atoms with E-state index >= 15 is 0 Å². The fraction of sp³-hybridized carbons (Fsp3) is 0.154. The highest BCUT2D eigenvalue weighted by molar-refractivity contribution is 5.84. The third-order valence-electron chi connectivity index (χ3n) is 3.24. The fourth-order valence-electron chi connectivity index (χ4n) is 2.26. The molecule has 2 aromatic heterocycles. The minimum atomic E-state index is -0.727. The Bertz CT molecular complexity index is 1020. The van der Waals surface area contributed by atoms with E-state index in [1.807, 2.05) is 0 Å². The summed E-state index contributed by atoms with van der Waals surface area (Å²) in [4.78, 5) is 42.4. The molecule has 0 radical (unpaired) electrons. The first-order chi connectivity index (χ1) is 11.0. The molecule has 0 amide bonds. The fourth-order valence-corrected chi connectivity index (χ4v) is 2.26. The van der Waals surface area contributed by atoms with Gasteiger partial charge in [-0.25, -0.2) is 9.78 Å². The van der Waals surface area contributed by atoms with Gasteiger partial charge in [-0.2, -0.15) is 0 Å². The zero-order valence-electron chi connectivity index (χ0n) is 11.9. The van der Waals surface area contributed by atoms with Crippen molar-refractivity contribution in [3.8, 4) is 5.69 Å². The molecule has 23 heavy (non-hydrogen) atoms. The minimum Gasteiger partial charge on any atom is -0.378 e. The van der Waals surface area contributed by atoms with Gasteiger partial charge in [0.05, 0.1) is 34.5 Å². The smallest absolute Gasteiger partial charge is 0.326 e. The van der Waals surface area contributed by atoms with E-state index in [1.54, 1.807) is 6.20 Å². The summed E-state index contributed by atoms with van der Waals surface area (Å²) in [5.74, 6) is 0. The number of hydrogen-bond donors (Lipinski definition) is 2. The van der Waals surface area contributed by atoms with Gasteiger partial charge in [-0.05, 0) is 6.07 Å². The summed E-state index contributed by atoms with van der Waals surface area (Å²) in [7, 11) is 1.51. The number of imidazole rings is 1. The molecule has 3 rings (SSSR count). The number of ether oxygens (including phenoxy) is 1. The summed E-state index contributed by atoms with van der Waals surface area (Å²) in [6, 6.07) is 2.48. The number of H-pyrrole nitrogens is 2. The maximum Gasteiger partial charge on any atom is 0.326 e. The summed E-state index contributed by atoms with van der Waals surface area (Å²) < 4.78 is 6.38. The van der Waals surface area contributed by atoms with Crippen LogP contribution in [0.5, 0.6) is 0 Å². The van der Waals surface area contributed by atoms with E-state index in [2.05, 4.69) is 15.0 Å². The van der Waals surface area contributed by atoms with Crippen molar-refractivity contribution in [2.75, 3.05) is 7.11 Å². The van der Waals surface area contributed by atoms with E-state index in [0.717, 1.165) is 6.07 Å². The van der Waals surface area contributed by atoms with Crippen LogP contribution in [-0.2, 0) is 11.3 Å². The van der Waals surface area contributed by atoms with Crippen LogP contribution >= 0.6 is 0 Å². The Morgan fingerprint density at radius 3 is 2.83 bits per heavy atom. The second kappa shape index (κ2) is 5.50. The van der Waals surface area contributed by atoms with Gasteiger partial charge in [-0.3, -0.25) is 24.5 Å². The maximum absolute atomic E-state index is 11.9. The molecule has 0 bridgehead atoms. The first kappa shape index (κ1) is 14.7. The number of aromatic amines is 2. The molecule has 118 valence electrons. The van der Waals surface area contributed by atoms with Crippen molar-refractivity contribution in [3.05, 3.63) is 61.3 Å². The number of rotatable bonds is 4. The predicted octanol–water partition coefficient (Wildman–Crippen LogP) is 0.457. The van der Waals surface area contributed by atoms with Gasteiger partial charge < -0.3 is 9.72 Å². The van der Waals surface area contributed by atoms with Crippen molar-refractivity contribution in [2.24, 2.45) is 0 Å². The lowest BCUT2D eigenvalue weighted by Gasteiger charge is -2.05. The summed E-state index contributed by atoms with van der Waals surface area (Å²) in [6.07, 6.45) is 2.96. The number of nitro groups is 1. The van der Waals surface area contributed by atoms with Crippen molar-refractivity contribution in [2.45, 2.75) is 6.61 Å². The molecule has 0 atom stereocenters. The number of aromatic nitrogens is 4. The van der Waals surface area contributed by atoms with Gasteiger partial charge in [-0.1, -0.05) is 0 Å². The first-order valence-electron chi connectivity index (χ1n) is 6.46. The Balaban J connectivity index is 2.29. The summed E-state index contributed by atoms with van der Waals surface area (Å²) in [5.41, 5.74) is -0.787. The van der Waals surface area contributed by atoms with E-state index in [4.69, 9.17) is 4.74 Å². The quantitative estimate of drug-likeness (QED) is 0.530. The Labute approximate surface area is 127 Å². The summed E-state index contributed by atoms with van der Waals surface area (Å²) in [6.45, 7) is 0.252. The molecule has 2 N–H and O–H groups in total. The van der Waals surface area contributed by atoms with Crippen molar-refractivity contribution in [1.82, 2.24) is 19.5 Å². The molecule has 0 unspecified atom stereocenters. The Morgan fingerprint density at radius 2 is 2.13 bits per heavy atom. The van der Waals surface area contributed by atoms with Gasteiger partial charge in [0.1, 0.15) is 5.69 Å². The van der Waals surface area contributed by atoms with Crippen molar-refractivity contribution in [3.63, 3.8) is 0 Å². The normalized spacial score (nSPS) is 11.0. The lowest BCUT2D eigenvalue weighted by atomic mass is 10.2. The second-order valence-electron chi connectivity index (χ2n) is 4.76. The topological polar surface area (TPSA) is 136 Å². The van der Waals surface area contributed by atoms with Crippen LogP contribution in [0.4, 0.5) is 5.69 Å². The first-order valence-corrected chi connectivity index (χ1v) is 6.46. The maximum atomic E-state index is 11.9. The molecule has 0 aliphatic rings. The van der Waals surface area contributed by atoms with Gasteiger partial charge in [-0.15, -0.1) is 0 Å². The molecule has 3 aromatic rings. The van der Waals surface area contributed by atoms with Crippen LogP contribution in [-0.4, -0.2) is 31.6 Å². The molecule has 0 aliphatic heterocycles. The standard InChI is InChI=1S/C13H11N5O5/c1-23-5-7-4-17(6-14-7)10-2-8-9(3-11(10)18(21)22)15-13(20)16-12(8)19/h2-4,6H,5H2,1H3,(H2,15,16,19,20). The highest BCUT2D eigenvalue weighted by atomic mass is 16.6. The Morgan fingerprint density at radius 1 is 1.35 bits per heavy atom. The van der Waals surface area contributed by atoms with Gasteiger partial charge >= 0.3 is 5.69 Å². The zero-order chi connectivity index (χ0) is 16.6. The molecule has 0 saturated heterocycles. The molecular weight excluding hydrogens is 306 g/mol. The minimum absolute atomic E-state index is 0.0893. The number of nitro benzene ring substituents is 1. The number of nitrogens with one attached hydrogen (secondary N) is 2. The monoisotopic (exact) mass is 317 g/mol. The Hall–Kier alpha value is -3.27. The van der Waals surface area contributed by atoms with E-state index in [9.17, 15) is 19.7 Å². The van der Waals surface area contributed by atoms with Crippen LogP contribution in [0.15, 0.2) is 34.2 Å². The average molecular weight is 317 g/mol. The number of benzene rings is 1. The van der Waals surface area contributed by atoms with Crippen molar-refractivity contribution >= 4 is 16.6 Å². The summed E-state index contributed by atoms with van der Waals surface area (Å²) >= 11 is 0. The van der Waals surface area contributed by atoms with Crippen LogP contribution in [0.1, 0.15) is 5.69 Å². The third-order valence-corrected chi connectivity index (χ3v) is 3.24. The predicted molar refractivity (Wildman–Crippen MR) is 79.7 cm³/mol. The molecule has 1 aromatic carbocycles. The van der Waals surface area contributed by atoms with Crippen LogP contribution in [0.3, 0.4) is 0 Å². The highest BCUT2D eigenvalue weighted by Crippen LogP contribution is 2.26. The number of fused-ring (bicyclic) bond motifs is 1. The average Bonchev–Trinajstić information content (AvgIpc) is 2.94. The van der Waals surface area contributed by atoms with Gasteiger partial charge in [0.2, 0.25) is 0 Å². The van der Waals surface area contributed by atoms with E-state index < -0.39 is 16.2 Å². The Kier molecular flexibility index (Phi) is 3.50. The molecule has 0 spiro atoms. The molecule has 0 fully saturated rings. The van der Waals surface area contributed by atoms with Crippen LogP contribution in [0.25, 0.3) is 16.6 Å². The molecule has 0 saturated carbocycles. The van der Waals surface area contributed by atoms with Crippen LogP contribution < -0.4 is 11.2 Å². The van der Waals surface area contributed by atoms with Gasteiger partial charge in [0.15, 0.2) is 0 Å². The second-order valence-corrected chi connectivity index (χ2v) is 4.76.